The van der Waals surface area contributed by atoms with E-state index in [-0.39, 0.29) is 5.69 Å². The fraction of sp³-hybridized carbons (Fsp3) is 0.571. The Bertz CT molecular complexity index is 889. The number of ether oxygens (including phenoxy) is 2. The molecule has 0 atom stereocenters. The van der Waals surface area contributed by atoms with Crippen molar-refractivity contribution in [3.63, 3.8) is 0 Å². The number of nitrogens with zero attached hydrogens (tertiary/aromatic N) is 4. The number of methoxy groups -OCH3 is 1. The Balaban J connectivity index is 1.44. The molecule has 1 aromatic heterocycles. The van der Waals surface area contributed by atoms with Crippen molar-refractivity contribution in [3.05, 3.63) is 40.6 Å². The smallest absolute Gasteiger partial charge is 0.345 e. The van der Waals surface area contributed by atoms with Gasteiger partial charge in [0.15, 0.2) is 5.96 Å². The van der Waals surface area contributed by atoms with Gasteiger partial charge in [-0.1, -0.05) is 6.07 Å². The van der Waals surface area contributed by atoms with Gasteiger partial charge in [-0.25, -0.2) is 9.48 Å². The highest BCUT2D eigenvalue weighted by atomic mass is 16.5. The molecule has 2 N–H and O–H groups in total. The number of anilines is 1. The fourth-order valence-corrected chi connectivity index (χ4v) is 3.40. The highest BCUT2D eigenvalue weighted by Gasteiger charge is 2.16. The first-order chi connectivity index (χ1) is 14.7. The molecule has 3 rings (SSSR count). The molecular weight excluding hydrogens is 384 g/mol. The van der Waals surface area contributed by atoms with E-state index in [0.29, 0.717) is 32.3 Å². The van der Waals surface area contributed by atoms with Crippen LogP contribution in [0.15, 0.2) is 34.1 Å². The van der Waals surface area contributed by atoms with Gasteiger partial charge in [0.2, 0.25) is 0 Å². The minimum absolute atomic E-state index is 0.00882. The molecule has 0 unspecified atom stereocenters. The van der Waals surface area contributed by atoms with Crippen LogP contribution in [0.3, 0.4) is 0 Å². The lowest BCUT2D eigenvalue weighted by Crippen LogP contribution is -2.33. The number of benzene rings is 1. The van der Waals surface area contributed by atoms with E-state index < -0.39 is 0 Å². The van der Waals surface area contributed by atoms with Crippen LogP contribution in [0.4, 0.5) is 5.69 Å². The number of aromatic nitrogens is 3. The minimum atomic E-state index is 0.00882. The average molecular weight is 417 g/mol. The van der Waals surface area contributed by atoms with Gasteiger partial charge < -0.3 is 20.1 Å². The molecule has 0 aliphatic carbocycles. The molecular formula is C21H32N6O3. The van der Waals surface area contributed by atoms with Crippen molar-refractivity contribution in [2.45, 2.75) is 45.2 Å². The molecule has 1 aliphatic rings. The van der Waals surface area contributed by atoms with Crippen LogP contribution in [0.1, 0.15) is 31.5 Å². The number of aryl methyl sites for hydroxylation is 2. The highest BCUT2D eigenvalue weighted by molar-refractivity contribution is 5.93. The number of aliphatic imine (C=N–C) groups is 1. The summed E-state index contributed by atoms with van der Waals surface area (Å²) in [5, 5.41) is 11.0. The lowest BCUT2D eigenvalue weighted by molar-refractivity contribution is 0.172. The fourth-order valence-electron chi connectivity index (χ4n) is 3.40. The first-order valence-corrected chi connectivity index (χ1v) is 10.6. The van der Waals surface area contributed by atoms with E-state index in [4.69, 9.17) is 9.47 Å². The number of hydrogen-bond acceptors (Lipinski definition) is 5. The van der Waals surface area contributed by atoms with Crippen molar-refractivity contribution in [3.8, 4) is 5.75 Å². The van der Waals surface area contributed by atoms with Crippen molar-refractivity contribution < 1.29 is 9.47 Å². The normalized spacial score (nSPS) is 13.7. The third-order valence-corrected chi connectivity index (χ3v) is 4.95. The van der Waals surface area contributed by atoms with Gasteiger partial charge >= 0.3 is 5.69 Å². The lowest BCUT2D eigenvalue weighted by Gasteiger charge is -2.13. The molecule has 0 spiro atoms. The molecule has 164 valence electrons. The van der Waals surface area contributed by atoms with Gasteiger partial charge in [0.05, 0.1) is 6.61 Å². The number of guanidine groups is 1. The Morgan fingerprint density at radius 1 is 1.27 bits per heavy atom. The molecule has 0 saturated carbocycles. The quantitative estimate of drug-likeness (QED) is 0.349. The van der Waals surface area contributed by atoms with Crippen LogP contribution in [-0.2, 0) is 24.2 Å². The summed E-state index contributed by atoms with van der Waals surface area (Å²) in [4.78, 5) is 16.6. The molecule has 1 aromatic carbocycles. The molecule has 2 heterocycles. The molecule has 0 amide bonds. The lowest BCUT2D eigenvalue weighted by atomic mass is 10.2. The Morgan fingerprint density at radius 3 is 2.97 bits per heavy atom. The maximum atomic E-state index is 12.4. The van der Waals surface area contributed by atoms with Crippen LogP contribution < -0.4 is 21.1 Å². The molecule has 0 bridgehead atoms. The van der Waals surface area contributed by atoms with Crippen LogP contribution in [0.25, 0.3) is 0 Å². The monoisotopic (exact) mass is 416 g/mol. The molecule has 1 aliphatic heterocycles. The number of rotatable bonds is 10. The van der Waals surface area contributed by atoms with Gasteiger partial charge in [0.25, 0.3) is 0 Å². The second-order valence-electron chi connectivity index (χ2n) is 7.23. The van der Waals surface area contributed by atoms with Crippen LogP contribution in [0.2, 0.25) is 0 Å². The van der Waals surface area contributed by atoms with Crippen molar-refractivity contribution in [2.75, 3.05) is 39.2 Å². The Hall–Kier alpha value is -2.81. The number of fused-ring (bicyclic) bond motifs is 1. The van der Waals surface area contributed by atoms with Gasteiger partial charge in [0, 0.05) is 65.0 Å². The molecule has 2 aromatic rings. The standard InChI is InChI=1S/C21H32N6O3/c1-22-20(24-17-8-5-9-18(16-17)30-15-7-14-29-2)23-11-6-13-27-21(28)26-12-4-3-10-19(26)25-27/h5,8-9,16H,3-4,6-7,10-15H2,1-2H3,(H2,22,23,24). The summed E-state index contributed by atoms with van der Waals surface area (Å²) in [6.45, 7) is 3.36. The Labute approximate surface area is 177 Å². The first-order valence-electron chi connectivity index (χ1n) is 10.6. The zero-order valence-corrected chi connectivity index (χ0v) is 17.9. The predicted molar refractivity (Wildman–Crippen MR) is 117 cm³/mol. The average Bonchev–Trinajstić information content (AvgIpc) is 3.09. The van der Waals surface area contributed by atoms with Crippen LogP contribution in [-0.4, -0.2) is 54.2 Å². The van der Waals surface area contributed by atoms with Gasteiger partial charge in [0.1, 0.15) is 11.6 Å². The van der Waals surface area contributed by atoms with Crippen molar-refractivity contribution in [1.29, 1.82) is 0 Å². The van der Waals surface area contributed by atoms with E-state index >= 15 is 0 Å². The highest BCUT2D eigenvalue weighted by Crippen LogP contribution is 2.17. The SMILES string of the molecule is CN=C(NCCCn1nc2n(c1=O)CCCC2)Nc1cccc(OCCCOC)c1. The molecule has 9 nitrogen and oxygen atoms in total. The Morgan fingerprint density at radius 2 is 2.17 bits per heavy atom. The topological polar surface area (TPSA) is 94.7 Å². The minimum Gasteiger partial charge on any atom is -0.493 e. The maximum absolute atomic E-state index is 12.4. The van der Waals surface area contributed by atoms with Crippen LogP contribution in [0, 0.1) is 0 Å². The molecule has 30 heavy (non-hydrogen) atoms. The zero-order chi connectivity index (χ0) is 21.2. The van der Waals surface area contributed by atoms with E-state index in [2.05, 4.69) is 20.7 Å². The molecule has 0 saturated heterocycles. The van der Waals surface area contributed by atoms with E-state index in [9.17, 15) is 4.79 Å². The van der Waals surface area contributed by atoms with E-state index in [0.717, 1.165) is 55.9 Å². The molecule has 0 fully saturated rings. The summed E-state index contributed by atoms with van der Waals surface area (Å²) >= 11 is 0. The Kier molecular flexibility index (Phi) is 8.31. The van der Waals surface area contributed by atoms with Gasteiger partial charge in [-0.3, -0.25) is 9.56 Å². The van der Waals surface area contributed by atoms with E-state index in [1.165, 1.54) is 0 Å². The third kappa shape index (κ3) is 6.09. The summed E-state index contributed by atoms with van der Waals surface area (Å²) in [7, 11) is 3.42. The van der Waals surface area contributed by atoms with Crippen LogP contribution >= 0.6 is 0 Å². The summed E-state index contributed by atoms with van der Waals surface area (Å²) in [5.74, 6) is 2.39. The summed E-state index contributed by atoms with van der Waals surface area (Å²) in [6, 6.07) is 7.77. The zero-order valence-electron chi connectivity index (χ0n) is 17.9. The van der Waals surface area contributed by atoms with Gasteiger partial charge in [-0.2, -0.15) is 5.10 Å². The van der Waals surface area contributed by atoms with Crippen molar-refractivity contribution in [1.82, 2.24) is 19.7 Å². The van der Waals surface area contributed by atoms with E-state index in [1.807, 2.05) is 28.8 Å². The number of hydrogen-bond donors (Lipinski definition) is 2. The summed E-state index contributed by atoms with van der Waals surface area (Å²) in [5.41, 5.74) is 0.903. The van der Waals surface area contributed by atoms with Crippen molar-refractivity contribution in [2.24, 2.45) is 4.99 Å². The summed E-state index contributed by atoms with van der Waals surface area (Å²) < 4.78 is 14.2. The third-order valence-electron chi connectivity index (χ3n) is 4.95. The largest absolute Gasteiger partial charge is 0.493 e. The van der Waals surface area contributed by atoms with Crippen LogP contribution in [0.5, 0.6) is 5.75 Å². The van der Waals surface area contributed by atoms with Gasteiger partial charge in [-0.15, -0.1) is 0 Å². The second-order valence-corrected chi connectivity index (χ2v) is 7.23. The van der Waals surface area contributed by atoms with E-state index in [1.54, 1.807) is 18.8 Å². The first kappa shape index (κ1) is 21.9. The predicted octanol–water partition coefficient (Wildman–Crippen LogP) is 1.87. The second kappa shape index (κ2) is 11.4. The maximum Gasteiger partial charge on any atom is 0.345 e. The molecule has 0 radical (unpaired) electrons. The van der Waals surface area contributed by atoms with Gasteiger partial charge in [-0.05, 0) is 31.4 Å². The number of nitrogens with one attached hydrogen (secondary N) is 2. The molecule has 9 heteroatoms. The summed E-state index contributed by atoms with van der Waals surface area (Å²) in [6.07, 6.45) is 4.69. The van der Waals surface area contributed by atoms with Crippen molar-refractivity contribution >= 4 is 11.6 Å².